The van der Waals surface area contributed by atoms with Crippen molar-refractivity contribution in [3.05, 3.63) is 20.2 Å². The van der Waals surface area contributed by atoms with Crippen LogP contribution >= 0.6 is 34.2 Å². The minimum Gasteiger partial charge on any atom is -0.236 e. The highest BCUT2D eigenvalue weighted by molar-refractivity contribution is 14.1. The summed E-state index contributed by atoms with van der Waals surface area (Å²) < 4.78 is 1.05. The minimum absolute atomic E-state index is 0.577. The first-order chi connectivity index (χ1) is 7.08. The fourth-order valence-corrected chi connectivity index (χ4v) is 2.44. The van der Waals surface area contributed by atoms with E-state index in [2.05, 4.69) is 46.4 Å². The molecule has 0 N–H and O–H groups in total. The molecule has 1 aliphatic rings. The lowest BCUT2D eigenvalue weighted by molar-refractivity contribution is 0.616. The third-order valence-corrected chi connectivity index (χ3v) is 4.09. The van der Waals surface area contributed by atoms with Gasteiger partial charge in [0.05, 0.1) is 9.26 Å². The van der Waals surface area contributed by atoms with Crippen molar-refractivity contribution in [1.82, 2.24) is 9.97 Å². The second-order valence-corrected chi connectivity index (χ2v) is 5.94. The minimum atomic E-state index is 0.577. The molecule has 1 heterocycles. The van der Waals surface area contributed by atoms with Crippen molar-refractivity contribution in [2.45, 2.75) is 39.0 Å². The van der Waals surface area contributed by atoms with Crippen LogP contribution in [0.3, 0.4) is 0 Å². The fourth-order valence-electron chi connectivity index (χ4n) is 1.56. The topological polar surface area (TPSA) is 25.8 Å². The van der Waals surface area contributed by atoms with Crippen LogP contribution < -0.4 is 0 Å². The molecule has 1 aromatic heterocycles. The summed E-state index contributed by atoms with van der Waals surface area (Å²) in [6, 6.07) is 0. The molecule has 0 bridgehead atoms. The molecule has 0 atom stereocenters. The summed E-state index contributed by atoms with van der Waals surface area (Å²) >= 11 is 8.37. The van der Waals surface area contributed by atoms with Crippen molar-refractivity contribution < 1.29 is 0 Å². The van der Waals surface area contributed by atoms with Gasteiger partial charge in [-0.15, -0.1) is 0 Å². The maximum absolute atomic E-state index is 6.12. The molecule has 82 valence electrons. The van der Waals surface area contributed by atoms with Gasteiger partial charge in [0.1, 0.15) is 11.0 Å². The molecule has 0 aromatic carbocycles. The van der Waals surface area contributed by atoms with Gasteiger partial charge in [-0.05, 0) is 41.4 Å². The predicted octanol–water partition coefficient (Wildman–Crippen LogP) is 3.81. The number of rotatable bonds is 3. The fraction of sp³-hybridized carbons (Fsp3) is 0.636. The maximum Gasteiger partial charge on any atom is 0.146 e. The third-order valence-electron chi connectivity index (χ3n) is 2.44. The van der Waals surface area contributed by atoms with E-state index in [4.69, 9.17) is 11.6 Å². The molecule has 0 radical (unpaired) electrons. The molecule has 1 aliphatic carbocycles. The lowest BCUT2D eigenvalue weighted by Crippen LogP contribution is -2.05. The van der Waals surface area contributed by atoms with Crippen molar-refractivity contribution in [1.29, 1.82) is 0 Å². The first-order valence-corrected chi connectivity index (χ1v) is 6.75. The van der Waals surface area contributed by atoms with E-state index in [-0.39, 0.29) is 0 Å². The molecule has 15 heavy (non-hydrogen) atoms. The molecule has 0 aliphatic heterocycles. The number of hydrogen-bond acceptors (Lipinski definition) is 2. The summed E-state index contributed by atoms with van der Waals surface area (Å²) in [6.45, 7) is 4.35. The highest BCUT2D eigenvalue weighted by atomic mass is 127. The molecule has 0 unspecified atom stereocenters. The Bertz CT molecular complexity index is 375. The molecule has 2 rings (SSSR count). The van der Waals surface area contributed by atoms with E-state index in [1.165, 1.54) is 18.5 Å². The summed E-state index contributed by atoms with van der Waals surface area (Å²) in [5.41, 5.74) is 1.17. The van der Waals surface area contributed by atoms with Gasteiger partial charge < -0.3 is 0 Å². The average molecular weight is 337 g/mol. The van der Waals surface area contributed by atoms with Gasteiger partial charge in [-0.1, -0.05) is 25.4 Å². The number of nitrogens with zero attached hydrogens (tertiary/aromatic N) is 2. The molecule has 1 saturated carbocycles. The number of aromatic nitrogens is 2. The smallest absolute Gasteiger partial charge is 0.146 e. The van der Waals surface area contributed by atoms with Gasteiger partial charge in [-0.3, -0.25) is 0 Å². The molecule has 1 fully saturated rings. The summed E-state index contributed by atoms with van der Waals surface area (Å²) in [5, 5.41) is 0.628. The molecule has 0 spiro atoms. The van der Waals surface area contributed by atoms with Crippen LogP contribution in [0.25, 0.3) is 0 Å². The Hall–Kier alpha value is 0.1000. The Balaban J connectivity index is 2.32. The lowest BCUT2D eigenvalue weighted by atomic mass is 10.1. The van der Waals surface area contributed by atoms with Gasteiger partial charge in [-0.25, -0.2) is 9.97 Å². The van der Waals surface area contributed by atoms with Crippen LogP contribution in [0.4, 0.5) is 0 Å². The Morgan fingerprint density at radius 3 is 2.60 bits per heavy atom. The van der Waals surface area contributed by atoms with E-state index in [0.717, 1.165) is 15.8 Å². The Morgan fingerprint density at radius 2 is 2.07 bits per heavy atom. The second-order valence-electron chi connectivity index (χ2n) is 4.50. The summed E-state index contributed by atoms with van der Waals surface area (Å²) in [5.74, 6) is 2.12. The zero-order valence-corrected chi connectivity index (χ0v) is 11.8. The Morgan fingerprint density at radius 1 is 1.40 bits per heavy atom. The van der Waals surface area contributed by atoms with Crippen LogP contribution in [-0.2, 0) is 6.42 Å². The van der Waals surface area contributed by atoms with Crippen LogP contribution in [-0.4, -0.2) is 9.97 Å². The molecular weight excluding hydrogens is 322 g/mol. The van der Waals surface area contributed by atoms with Gasteiger partial charge in [0.2, 0.25) is 0 Å². The Labute approximate surface area is 109 Å². The number of hydrogen-bond donors (Lipinski definition) is 0. The Kier molecular flexibility index (Phi) is 3.50. The van der Waals surface area contributed by atoms with Crippen LogP contribution in [0.15, 0.2) is 0 Å². The highest BCUT2D eigenvalue weighted by Crippen LogP contribution is 2.42. The van der Waals surface area contributed by atoms with Crippen molar-refractivity contribution >= 4 is 34.2 Å². The van der Waals surface area contributed by atoms with E-state index in [9.17, 15) is 0 Å². The largest absolute Gasteiger partial charge is 0.236 e. The van der Waals surface area contributed by atoms with E-state index in [1.807, 2.05) is 0 Å². The standard InChI is InChI=1S/C11H14ClIN2/c1-6(2)5-8-14-10(7-3-4-7)9(13)11(12)15-8/h6-7H,3-5H2,1-2H3. The van der Waals surface area contributed by atoms with Crippen LogP contribution in [0.2, 0.25) is 5.15 Å². The van der Waals surface area contributed by atoms with Crippen molar-refractivity contribution in [2.24, 2.45) is 5.92 Å². The van der Waals surface area contributed by atoms with Gasteiger partial charge in [0.15, 0.2) is 0 Å². The van der Waals surface area contributed by atoms with Crippen LogP contribution in [0, 0.1) is 9.49 Å². The molecule has 0 amide bonds. The van der Waals surface area contributed by atoms with Crippen molar-refractivity contribution in [3.63, 3.8) is 0 Å². The van der Waals surface area contributed by atoms with E-state index < -0.39 is 0 Å². The lowest BCUT2D eigenvalue weighted by Gasteiger charge is -2.08. The predicted molar refractivity (Wildman–Crippen MR) is 70.3 cm³/mol. The second kappa shape index (κ2) is 4.53. The van der Waals surface area contributed by atoms with Crippen molar-refractivity contribution in [3.8, 4) is 0 Å². The zero-order valence-electron chi connectivity index (χ0n) is 8.93. The zero-order chi connectivity index (χ0) is 11.0. The van der Waals surface area contributed by atoms with E-state index in [0.29, 0.717) is 17.0 Å². The van der Waals surface area contributed by atoms with Crippen LogP contribution in [0.1, 0.15) is 44.1 Å². The van der Waals surface area contributed by atoms with Crippen LogP contribution in [0.5, 0.6) is 0 Å². The third kappa shape index (κ3) is 2.81. The van der Waals surface area contributed by atoms with Crippen molar-refractivity contribution in [2.75, 3.05) is 0 Å². The maximum atomic E-state index is 6.12. The monoisotopic (exact) mass is 336 g/mol. The molecular formula is C11H14ClIN2. The van der Waals surface area contributed by atoms with Gasteiger partial charge in [0, 0.05) is 12.3 Å². The molecule has 4 heteroatoms. The summed E-state index contributed by atoms with van der Waals surface area (Å²) in [6.07, 6.45) is 3.42. The summed E-state index contributed by atoms with van der Waals surface area (Å²) in [4.78, 5) is 8.96. The molecule has 1 aromatic rings. The summed E-state index contributed by atoms with van der Waals surface area (Å²) in [7, 11) is 0. The van der Waals surface area contributed by atoms with Gasteiger partial charge in [0.25, 0.3) is 0 Å². The SMILES string of the molecule is CC(C)Cc1nc(Cl)c(I)c(C2CC2)n1. The van der Waals surface area contributed by atoms with E-state index >= 15 is 0 Å². The molecule has 2 nitrogen and oxygen atoms in total. The van der Waals surface area contributed by atoms with E-state index in [1.54, 1.807) is 0 Å². The van der Waals surface area contributed by atoms with Gasteiger partial charge >= 0.3 is 0 Å². The van der Waals surface area contributed by atoms with Gasteiger partial charge in [-0.2, -0.15) is 0 Å². The average Bonchev–Trinajstić information content (AvgIpc) is 2.93. The first kappa shape index (κ1) is 11.6. The first-order valence-electron chi connectivity index (χ1n) is 5.29. The number of halogens is 2. The molecule has 0 saturated heterocycles. The highest BCUT2D eigenvalue weighted by Gasteiger charge is 2.29. The quantitative estimate of drug-likeness (QED) is 0.619. The normalized spacial score (nSPS) is 16.1.